The Morgan fingerprint density at radius 1 is 1.56 bits per heavy atom. The fourth-order valence-corrected chi connectivity index (χ4v) is 1.15. The molecule has 2 nitrogen and oxygen atoms in total. The van der Waals surface area contributed by atoms with Crippen molar-refractivity contribution in [3.63, 3.8) is 0 Å². The molecule has 0 saturated carbocycles. The van der Waals surface area contributed by atoms with Crippen LogP contribution < -0.4 is 0 Å². The Hall–Kier alpha value is -0.310. The van der Waals surface area contributed by atoms with E-state index in [9.17, 15) is 0 Å². The minimum absolute atomic E-state index is 0.922. The van der Waals surface area contributed by atoms with Gasteiger partial charge in [-0.3, -0.25) is 4.99 Å². The second-order valence-electron chi connectivity index (χ2n) is 1.97. The van der Waals surface area contributed by atoms with Gasteiger partial charge in [-0.05, 0) is 13.2 Å². The lowest BCUT2D eigenvalue weighted by Gasteiger charge is -2.05. The summed E-state index contributed by atoms with van der Waals surface area (Å²) in [4.78, 5) is 8.42. The number of hydrogen-bond acceptors (Lipinski definition) is 3. The van der Waals surface area contributed by atoms with E-state index in [4.69, 9.17) is 0 Å². The molecule has 0 bridgehead atoms. The highest BCUT2D eigenvalue weighted by Gasteiger charge is 2.01. The minimum Gasteiger partial charge on any atom is -0.260 e. The molecule has 0 aromatic heterocycles. The van der Waals surface area contributed by atoms with Crippen molar-refractivity contribution in [1.82, 2.24) is 0 Å². The molecule has 0 aromatic carbocycles. The van der Waals surface area contributed by atoms with E-state index < -0.39 is 0 Å². The summed E-state index contributed by atoms with van der Waals surface area (Å²) >= 11 is 1.61. The lowest BCUT2D eigenvalue weighted by Crippen LogP contribution is -2.05. The molecular formula is C6H10N2S. The molecule has 50 valence electrons. The number of nitrogens with zero attached hydrogens (tertiary/aromatic N) is 2. The summed E-state index contributed by atoms with van der Waals surface area (Å²) in [5.41, 5.74) is 1.20. The van der Waals surface area contributed by atoms with Gasteiger partial charge in [-0.15, -0.1) is 0 Å². The van der Waals surface area contributed by atoms with E-state index in [0.29, 0.717) is 0 Å². The molecule has 0 radical (unpaired) electrons. The molecule has 9 heavy (non-hydrogen) atoms. The van der Waals surface area contributed by atoms with Gasteiger partial charge in [0.1, 0.15) is 0 Å². The number of aliphatic imine (C=N–C) groups is 2. The van der Waals surface area contributed by atoms with E-state index in [1.165, 1.54) is 5.71 Å². The van der Waals surface area contributed by atoms with Gasteiger partial charge >= 0.3 is 0 Å². The highest BCUT2D eigenvalue weighted by atomic mass is 32.2. The Morgan fingerprint density at radius 3 is 2.78 bits per heavy atom. The lowest BCUT2D eigenvalue weighted by atomic mass is 10.3. The summed E-state index contributed by atoms with van der Waals surface area (Å²) in [6, 6.07) is 0. The van der Waals surface area contributed by atoms with Crippen LogP contribution in [0.2, 0.25) is 0 Å². The Bertz CT molecular complexity index is 160. The van der Waals surface area contributed by atoms with Crippen molar-refractivity contribution in [2.24, 2.45) is 9.98 Å². The van der Waals surface area contributed by atoms with Crippen LogP contribution in [0.25, 0.3) is 0 Å². The van der Waals surface area contributed by atoms with E-state index in [0.717, 1.165) is 18.1 Å². The van der Waals surface area contributed by atoms with Gasteiger partial charge in [0.25, 0.3) is 0 Å². The van der Waals surface area contributed by atoms with Crippen LogP contribution in [0.15, 0.2) is 9.98 Å². The zero-order chi connectivity index (χ0) is 6.69. The number of amidine groups is 1. The van der Waals surface area contributed by atoms with Crippen molar-refractivity contribution in [2.45, 2.75) is 13.3 Å². The Labute approximate surface area is 59.5 Å². The second-order valence-corrected chi connectivity index (χ2v) is 2.74. The van der Waals surface area contributed by atoms with E-state index in [1.54, 1.807) is 11.8 Å². The molecule has 0 N–H and O–H groups in total. The molecule has 1 heterocycles. The first kappa shape index (κ1) is 6.81. The molecular weight excluding hydrogens is 132 g/mol. The van der Waals surface area contributed by atoms with Crippen LogP contribution in [0.3, 0.4) is 0 Å². The van der Waals surface area contributed by atoms with Gasteiger partial charge in [0.05, 0.1) is 0 Å². The largest absolute Gasteiger partial charge is 0.260 e. The smallest absolute Gasteiger partial charge is 0.182 e. The quantitative estimate of drug-likeness (QED) is 0.504. The summed E-state index contributed by atoms with van der Waals surface area (Å²) in [5.74, 6) is 0. The number of rotatable bonds is 0. The fourth-order valence-electron chi connectivity index (χ4n) is 0.678. The molecule has 0 spiro atoms. The highest BCUT2D eigenvalue weighted by molar-refractivity contribution is 8.13. The third-order valence-electron chi connectivity index (χ3n) is 1.19. The van der Waals surface area contributed by atoms with Crippen molar-refractivity contribution >= 4 is 22.6 Å². The van der Waals surface area contributed by atoms with Gasteiger partial charge in [-0.2, -0.15) is 0 Å². The SMILES string of the molecule is CSC1=NCCC(C)=N1. The standard InChI is InChI=1S/C6H10N2S/c1-5-3-4-7-6(8-5)9-2/h3-4H2,1-2H3. The molecule has 1 aliphatic heterocycles. The third kappa shape index (κ3) is 1.82. The summed E-state index contributed by atoms with van der Waals surface area (Å²) in [7, 11) is 0. The topological polar surface area (TPSA) is 24.7 Å². The first-order valence-electron chi connectivity index (χ1n) is 2.95. The maximum atomic E-state index is 4.23. The van der Waals surface area contributed by atoms with E-state index in [2.05, 4.69) is 9.98 Å². The van der Waals surface area contributed by atoms with E-state index in [-0.39, 0.29) is 0 Å². The van der Waals surface area contributed by atoms with Crippen LogP contribution in [0.1, 0.15) is 13.3 Å². The van der Waals surface area contributed by atoms with Crippen LogP contribution in [0, 0.1) is 0 Å². The normalized spacial score (nSPS) is 18.9. The van der Waals surface area contributed by atoms with Crippen molar-refractivity contribution in [1.29, 1.82) is 0 Å². The average Bonchev–Trinajstić information content (AvgIpc) is 1.88. The van der Waals surface area contributed by atoms with Crippen LogP contribution >= 0.6 is 11.8 Å². The van der Waals surface area contributed by atoms with Crippen LogP contribution in [0.4, 0.5) is 0 Å². The lowest BCUT2D eigenvalue weighted by molar-refractivity contribution is 1.02. The Kier molecular flexibility index (Phi) is 2.28. The van der Waals surface area contributed by atoms with Gasteiger partial charge in [-0.1, -0.05) is 11.8 Å². The Morgan fingerprint density at radius 2 is 2.33 bits per heavy atom. The van der Waals surface area contributed by atoms with Gasteiger partial charge in [0, 0.05) is 18.7 Å². The average molecular weight is 142 g/mol. The molecule has 1 rings (SSSR count). The molecule has 1 aliphatic rings. The van der Waals surface area contributed by atoms with Crippen molar-refractivity contribution in [2.75, 3.05) is 12.8 Å². The fraction of sp³-hybridized carbons (Fsp3) is 0.667. The molecule has 0 aliphatic carbocycles. The molecule has 0 aromatic rings. The number of hydrogen-bond donors (Lipinski definition) is 0. The molecule has 0 atom stereocenters. The van der Waals surface area contributed by atoms with Crippen molar-refractivity contribution in [3.8, 4) is 0 Å². The molecule has 0 fully saturated rings. The van der Waals surface area contributed by atoms with Crippen molar-refractivity contribution < 1.29 is 0 Å². The van der Waals surface area contributed by atoms with Crippen molar-refractivity contribution in [3.05, 3.63) is 0 Å². The predicted octanol–water partition coefficient (Wildman–Crippen LogP) is 1.57. The van der Waals surface area contributed by atoms with Crippen LogP contribution in [-0.2, 0) is 0 Å². The Balaban J connectivity index is 2.63. The van der Waals surface area contributed by atoms with E-state index in [1.807, 2.05) is 13.2 Å². The maximum absolute atomic E-state index is 4.23. The zero-order valence-corrected chi connectivity index (χ0v) is 6.53. The maximum Gasteiger partial charge on any atom is 0.182 e. The first-order chi connectivity index (χ1) is 4.33. The predicted molar refractivity (Wildman–Crippen MR) is 43.5 cm³/mol. The first-order valence-corrected chi connectivity index (χ1v) is 4.18. The summed E-state index contributed by atoms with van der Waals surface area (Å²) < 4.78 is 0. The molecule has 0 amide bonds. The third-order valence-corrected chi connectivity index (χ3v) is 1.78. The zero-order valence-electron chi connectivity index (χ0n) is 5.72. The summed E-state index contributed by atoms with van der Waals surface area (Å²) in [6.07, 6.45) is 3.03. The van der Waals surface area contributed by atoms with Crippen LogP contribution in [-0.4, -0.2) is 23.7 Å². The molecule has 0 saturated heterocycles. The second kappa shape index (κ2) is 3.01. The summed E-state index contributed by atoms with van der Waals surface area (Å²) in [6.45, 7) is 2.97. The summed E-state index contributed by atoms with van der Waals surface area (Å²) in [5, 5.41) is 0.929. The van der Waals surface area contributed by atoms with Gasteiger partial charge in [0.2, 0.25) is 0 Å². The van der Waals surface area contributed by atoms with Gasteiger partial charge in [-0.25, -0.2) is 4.99 Å². The monoisotopic (exact) mass is 142 g/mol. The number of thioether (sulfide) groups is 1. The van der Waals surface area contributed by atoms with Gasteiger partial charge < -0.3 is 0 Å². The highest BCUT2D eigenvalue weighted by Crippen LogP contribution is 2.06. The molecule has 0 unspecified atom stereocenters. The minimum atomic E-state index is 0.922. The van der Waals surface area contributed by atoms with Gasteiger partial charge in [0.15, 0.2) is 5.17 Å². The molecule has 3 heteroatoms. The van der Waals surface area contributed by atoms with Crippen LogP contribution in [0.5, 0.6) is 0 Å². The van der Waals surface area contributed by atoms with E-state index >= 15 is 0 Å².